The van der Waals surface area contributed by atoms with Gasteiger partial charge in [-0.15, -0.1) is 0 Å². The van der Waals surface area contributed by atoms with Crippen LogP contribution in [0.4, 0.5) is 0 Å². The highest BCUT2D eigenvalue weighted by atomic mass is 16.5. The number of guanidine groups is 1. The average Bonchev–Trinajstić information content (AvgIpc) is 2.39. The van der Waals surface area contributed by atoms with Crippen LogP contribution in [0.5, 0.6) is 0 Å². The van der Waals surface area contributed by atoms with Crippen LogP contribution in [0.2, 0.25) is 0 Å². The molecule has 0 amide bonds. The van der Waals surface area contributed by atoms with Gasteiger partial charge < -0.3 is 20.1 Å². The highest BCUT2D eigenvalue weighted by Gasteiger charge is 2.24. The van der Waals surface area contributed by atoms with Crippen molar-refractivity contribution >= 4 is 5.96 Å². The van der Waals surface area contributed by atoms with Gasteiger partial charge in [-0.1, -0.05) is 34.6 Å². The zero-order valence-electron chi connectivity index (χ0n) is 15.0. The van der Waals surface area contributed by atoms with E-state index in [4.69, 9.17) is 9.47 Å². The van der Waals surface area contributed by atoms with Gasteiger partial charge in [0.1, 0.15) is 0 Å². The van der Waals surface area contributed by atoms with Crippen molar-refractivity contribution in [2.75, 3.05) is 40.5 Å². The first-order chi connectivity index (χ1) is 9.81. The van der Waals surface area contributed by atoms with Gasteiger partial charge in [-0.05, 0) is 17.8 Å². The Bertz CT molecular complexity index is 286. The Balaban J connectivity index is 3.87. The van der Waals surface area contributed by atoms with E-state index < -0.39 is 0 Å². The van der Waals surface area contributed by atoms with E-state index in [1.165, 1.54) is 0 Å². The minimum atomic E-state index is 0.102. The van der Waals surface area contributed by atoms with Gasteiger partial charge >= 0.3 is 0 Å². The molecule has 1 atom stereocenters. The third-order valence-electron chi connectivity index (χ3n) is 3.14. The van der Waals surface area contributed by atoms with Crippen LogP contribution in [-0.4, -0.2) is 52.5 Å². The lowest BCUT2D eigenvalue weighted by Gasteiger charge is -2.30. The van der Waals surface area contributed by atoms with Crippen molar-refractivity contribution in [1.29, 1.82) is 0 Å². The minimum Gasteiger partial charge on any atom is -0.381 e. The van der Waals surface area contributed by atoms with Gasteiger partial charge in [0.2, 0.25) is 0 Å². The van der Waals surface area contributed by atoms with Crippen molar-refractivity contribution in [3.63, 3.8) is 0 Å². The molecule has 0 saturated heterocycles. The van der Waals surface area contributed by atoms with Crippen LogP contribution in [-0.2, 0) is 9.47 Å². The highest BCUT2D eigenvalue weighted by molar-refractivity contribution is 5.79. The summed E-state index contributed by atoms with van der Waals surface area (Å²) in [6, 6.07) is 0. The van der Waals surface area contributed by atoms with E-state index in [0.717, 1.165) is 38.7 Å². The average molecular weight is 301 g/mol. The maximum atomic E-state index is 5.55. The molecule has 0 fully saturated rings. The fraction of sp³-hybridized carbons (Fsp3) is 0.938. The Kier molecular flexibility index (Phi) is 10.4. The van der Waals surface area contributed by atoms with Crippen LogP contribution in [0.3, 0.4) is 0 Å². The number of hydrogen-bond donors (Lipinski definition) is 2. The molecular weight excluding hydrogens is 266 g/mol. The summed E-state index contributed by atoms with van der Waals surface area (Å²) in [6.45, 7) is 14.0. The number of aliphatic imine (C=N–C) groups is 1. The number of rotatable bonds is 9. The third-order valence-corrected chi connectivity index (χ3v) is 3.14. The van der Waals surface area contributed by atoms with E-state index in [1.807, 2.05) is 0 Å². The fourth-order valence-electron chi connectivity index (χ4n) is 1.85. The second-order valence-electron chi connectivity index (χ2n) is 6.79. The SMILES string of the molecule is CN=C(NCCCOCC(C)C)NCC(OC)C(C)(C)C. The highest BCUT2D eigenvalue weighted by Crippen LogP contribution is 2.20. The molecule has 0 aliphatic rings. The summed E-state index contributed by atoms with van der Waals surface area (Å²) in [4.78, 5) is 4.22. The zero-order chi connectivity index (χ0) is 16.3. The first kappa shape index (κ1) is 20.2. The molecule has 0 aliphatic carbocycles. The summed E-state index contributed by atoms with van der Waals surface area (Å²) in [5.41, 5.74) is 0.102. The lowest BCUT2D eigenvalue weighted by atomic mass is 9.89. The molecule has 126 valence electrons. The van der Waals surface area contributed by atoms with Crippen LogP contribution in [0.15, 0.2) is 4.99 Å². The maximum absolute atomic E-state index is 5.55. The predicted molar refractivity (Wildman–Crippen MR) is 89.9 cm³/mol. The first-order valence-corrected chi connectivity index (χ1v) is 7.86. The largest absolute Gasteiger partial charge is 0.381 e. The Hall–Kier alpha value is -0.810. The predicted octanol–water partition coefficient (Wildman–Crippen LogP) is 2.28. The quantitative estimate of drug-likeness (QED) is 0.390. The first-order valence-electron chi connectivity index (χ1n) is 7.86. The number of hydrogen-bond acceptors (Lipinski definition) is 3. The molecule has 0 aliphatic heterocycles. The molecule has 0 saturated carbocycles. The molecule has 21 heavy (non-hydrogen) atoms. The fourth-order valence-corrected chi connectivity index (χ4v) is 1.85. The lowest BCUT2D eigenvalue weighted by molar-refractivity contribution is 0.0205. The second kappa shape index (κ2) is 10.9. The Morgan fingerprint density at radius 3 is 2.33 bits per heavy atom. The van der Waals surface area contributed by atoms with Crippen LogP contribution < -0.4 is 10.6 Å². The molecule has 5 nitrogen and oxygen atoms in total. The molecule has 0 radical (unpaired) electrons. The van der Waals surface area contributed by atoms with Crippen molar-refractivity contribution in [3.8, 4) is 0 Å². The monoisotopic (exact) mass is 301 g/mol. The van der Waals surface area contributed by atoms with Gasteiger partial charge in [-0.2, -0.15) is 0 Å². The van der Waals surface area contributed by atoms with Crippen LogP contribution in [0, 0.1) is 11.3 Å². The van der Waals surface area contributed by atoms with Gasteiger partial charge in [0.15, 0.2) is 5.96 Å². The van der Waals surface area contributed by atoms with E-state index in [9.17, 15) is 0 Å². The van der Waals surface area contributed by atoms with E-state index in [1.54, 1.807) is 14.2 Å². The summed E-state index contributed by atoms with van der Waals surface area (Å²) in [6.07, 6.45) is 1.12. The number of methoxy groups -OCH3 is 1. The van der Waals surface area contributed by atoms with Crippen LogP contribution in [0.1, 0.15) is 41.0 Å². The Labute approximate surface area is 130 Å². The van der Waals surface area contributed by atoms with E-state index in [-0.39, 0.29) is 11.5 Å². The van der Waals surface area contributed by atoms with E-state index >= 15 is 0 Å². The summed E-state index contributed by atoms with van der Waals surface area (Å²) in [7, 11) is 3.53. The molecule has 1 unspecified atom stereocenters. The number of ether oxygens (including phenoxy) is 2. The van der Waals surface area contributed by atoms with Crippen molar-refractivity contribution in [3.05, 3.63) is 0 Å². The van der Waals surface area contributed by atoms with Crippen molar-refractivity contribution in [1.82, 2.24) is 10.6 Å². The van der Waals surface area contributed by atoms with Crippen molar-refractivity contribution in [2.24, 2.45) is 16.3 Å². The standard InChI is InChI=1S/C16H35N3O2/c1-13(2)12-21-10-8-9-18-15(17-6)19-11-14(20-7)16(3,4)5/h13-14H,8-12H2,1-7H3,(H2,17,18,19). The van der Waals surface area contributed by atoms with Crippen molar-refractivity contribution < 1.29 is 9.47 Å². The molecule has 0 heterocycles. The van der Waals surface area contributed by atoms with E-state index in [2.05, 4.69) is 50.2 Å². The molecule has 2 N–H and O–H groups in total. The topological polar surface area (TPSA) is 54.9 Å². The van der Waals surface area contributed by atoms with Crippen LogP contribution >= 0.6 is 0 Å². The molecule has 0 bridgehead atoms. The van der Waals surface area contributed by atoms with Crippen molar-refractivity contribution in [2.45, 2.75) is 47.1 Å². The molecule has 5 heteroatoms. The second-order valence-corrected chi connectivity index (χ2v) is 6.79. The molecule has 0 aromatic rings. The van der Waals surface area contributed by atoms with Gasteiger partial charge in [0, 0.05) is 40.5 Å². The van der Waals surface area contributed by atoms with Crippen LogP contribution in [0.25, 0.3) is 0 Å². The van der Waals surface area contributed by atoms with Gasteiger partial charge in [0.25, 0.3) is 0 Å². The summed E-state index contributed by atoms with van der Waals surface area (Å²) in [5.74, 6) is 1.40. The summed E-state index contributed by atoms with van der Waals surface area (Å²) >= 11 is 0. The normalized spacial score (nSPS) is 14.4. The Morgan fingerprint density at radius 1 is 1.19 bits per heavy atom. The maximum Gasteiger partial charge on any atom is 0.191 e. The summed E-state index contributed by atoms with van der Waals surface area (Å²) in [5, 5.41) is 6.60. The molecule has 0 spiro atoms. The molecular formula is C16H35N3O2. The smallest absolute Gasteiger partial charge is 0.191 e. The van der Waals surface area contributed by atoms with E-state index in [0.29, 0.717) is 5.92 Å². The van der Waals surface area contributed by atoms with Gasteiger partial charge in [-0.25, -0.2) is 0 Å². The minimum absolute atomic E-state index is 0.102. The Morgan fingerprint density at radius 2 is 1.86 bits per heavy atom. The summed E-state index contributed by atoms with van der Waals surface area (Å²) < 4.78 is 11.1. The molecule has 0 aromatic carbocycles. The lowest BCUT2D eigenvalue weighted by Crippen LogP contribution is -2.45. The molecule has 0 rings (SSSR count). The molecule has 0 aromatic heterocycles. The number of nitrogens with zero attached hydrogens (tertiary/aromatic N) is 1. The number of nitrogens with one attached hydrogen (secondary N) is 2. The van der Waals surface area contributed by atoms with Gasteiger partial charge in [-0.3, -0.25) is 4.99 Å². The zero-order valence-corrected chi connectivity index (χ0v) is 15.0. The third kappa shape index (κ3) is 10.5. The van der Waals surface area contributed by atoms with Gasteiger partial charge in [0.05, 0.1) is 6.10 Å².